The van der Waals surface area contributed by atoms with E-state index >= 15 is 0 Å². The van der Waals surface area contributed by atoms with E-state index in [0.717, 1.165) is 45.6 Å². The number of rotatable bonds is 3. The SMILES string of the molecule is CC(=O)N1CCNCC1(N)C1CCN(Cc2ccccc2)CC1. The Morgan fingerprint density at radius 2 is 1.96 bits per heavy atom. The van der Waals surface area contributed by atoms with E-state index in [1.165, 1.54) is 5.56 Å². The Morgan fingerprint density at radius 3 is 2.61 bits per heavy atom. The predicted octanol–water partition coefficient (Wildman–Crippen LogP) is 1.01. The zero-order chi connectivity index (χ0) is 16.3. The molecule has 1 aromatic carbocycles. The first-order chi connectivity index (χ1) is 11.1. The van der Waals surface area contributed by atoms with E-state index in [1.54, 1.807) is 6.92 Å². The number of nitrogens with zero attached hydrogens (tertiary/aromatic N) is 2. The summed E-state index contributed by atoms with van der Waals surface area (Å²) in [4.78, 5) is 16.3. The Labute approximate surface area is 138 Å². The molecule has 1 aromatic rings. The lowest BCUT2D eigenvalue weighted by Crippen LogP contribution is -2.72. The van der Waals surface area contributed by atoms with Gasteiger partial charge in [0.05, 0.1) is 0 Å². The van der Waals surface area contributed by atoms with Gasteiger partial charge in [0.2, 0.25) is 5.91 Å². The third kappa shape index (κ3) is 3.57. The van der Waals surface area contributed by atoms with E-state index in [9.17, 15) is 4.79 Å². The van der Waals surface area contributed by atoms with Crippen LogP contribution < -0.4 is 11.1 Å². The van der Waals surface area contributed by atoms with Crippen molar-refractivity contribution >= 4 is 5.91 Å². The molecule has 0 spiro atoms. The highest BCUT2D eigenvalue weighted by molar-refractivity contribution is 5.74. The number of piperazine rings is 1. The van der Waals surface area contributed by atoms with Gasteiger partial charge in [0, 0.05) is 33.1 Å². The maximum absolute atomic E-state index is 12.0. The monoisotopic (exact) mass is 316 g/mol. The van der Waals surface area contributed by atoms with E-state index in [-0.39, 0.29) is 5.91 Å². The molecule has 23 heavy (non-hydrogen) atoms. The maximum Gasteiger partial charge on any atom is 0.221 e. The smallest absolute Gasteiger partial charge is 0.221 e. The van der Waals surface area contributed by atoms with Crippen LogP contribution in [0.2, 0.25) is 0 Å². The van der Waals surface area contributed by atoms with Crippen molar-refractivity contribution in [2.45, 2.75) is 32.0 Å². The summed E-state index contributed by atoms with van der Waals surface area (Å²) in [5.74, 6) is 0.465. The Balaban J connectivity index is 1.60. The average Bonchev–Trinajstić information content (AvgIpc) is 2.56. The van der Waals surface area contributed by atoms with Crippen molar-refractivity contribution in [3.8, 4) is 0 Å². The van der Waals surface area contributed by atoms with Crippen LogP contribution >= 0.6 is 0 Å². The molecule has 5 nitrogen and oxygen atoms in total. The molecule has 0 aliphatic carbocycles. The molecule has 1 atom stereocenters. The summed E-state index contributed by atoms with van der Waals surface area (Å²) in [6.07, 6.45) is 2.10. The Kier molecular flexibility index (Phi) is 4.99. The second-order valence-electron chi connectivity index (χ2n) is 6.87. The number of carbonyl (C=O) groups excluding carboxylic acids is 1. The molecule has 3 N–H and O–H groups in total. The van der Waals surface area contributed by atoms with Crippen molar-refractivity contribution in [3.05, 3.63) is 35.9 Å². The summed E-state index contributed by atoms with van der Waals surface area (Å²) in [6, 6.07) is 10.6. The molecule has 1 unspecified atom stereocenters. The van der Waals surface area contributed by atoms with Crippen LogP contribution in [0.15, 0.2) is 30.3 Å². The lowest BCUT2D eigenvalue weighted by molar-refractivity contribution is -0.140. The summed E-state index contributed by atoms with van der Waals surface area (Å²) in [6.45, 7) is 6.99. The number of carbonyl (C=O) groups is 1. The minimum atomic E-state index is -0.525. The first-order valence-corrected chi connectivity index (χ1v) is 8.63. The predicted molar refractivity (Wildman–Crippen MR) is 91.6 cm³/mol. The quantitative estimate of drug-likeness (QED) is 0.873. The van der Waals surface area contributed by atoms with E-state index in [0.29, 0.717) is 12.5 Å². The highest BCUT2D eigenvalue weighted by Gasteiger charge is 2.44. The lowest BCUT2D eigenvalue weighted by atomic mass is 9.82. The summed E-state index contributed by atoms with van der Waals surface area (Å²) in [5.41, 5.74) is 7.54. The van der Waals surface area contributed by atoms with Gasteiger partial charge in [0.25, 0.3) is 0 Å². The van der Waals surface area contributed by atoms with Gasteiger partial charge in [-0.1, -0.05) is 30.3 Å². The fourth-order valence-electron chi connectivity index (χ4n) is 4.03. The fraction of sp³-hybridized carbons (Fsp3) is 0.611. The molecule has 0 saturated carbocycles. The molecule has 5 heteroatoms. The number of nitrogens with one attached hydrogen (secondary N) is 1. The van der Waals surface area contributed by atoms with Crippen molar-refractivity contribution < 1.29 is 4.79 Å². The lowest BCUT2D eigenvalue weighted by Gasteiger charge is -2.51. The summed E-state index contributed by atoms with van der Waals surface area (Å²) >= 11 is 0. The number of likely N-dealkylation sites (tertiary alicyclic amines) is 1. The molecule has 2 saturated heterocycles. The zero-order valence-corrected chi connectivity index (χ0v) is 14.0. The van der Waals surface area contributed by atoms with Crippen LogP contribution in [0, 0.1) is 5.92 Å². The van der Waals surface area contributed by atoms with Gasteiger partial charge in [0.1, 0.15) is 5.66 Å². The third-order valence-corrected chi connectivity index (χ3v) is 5.35. The van der Waals surface area contributed by atoms with E-state index in [4.69, 9.17) is 5.73 Å². The molecule has 2 fully saturated rings. The van der Waals surface area contributed by atoms with Gasteiger partial charge in [0.15, 0.2) is 0 Å². The maximum atomic E-state index is 12.0. The fourth-order valence-corrected chi connectivity index (χ4v) is 4.03. The van der Waals surface area contributed by atoms with Crippen LogP contribution in [0.5, 0.6) is 0 Å². The van der Waals surface area contributed by atoms with Gasteiger partial charge < -0.3 is 16.0 Å². The van der Waals surface area contributed by atoms with Crippen LogP contribution in [0.4, 0.5) is 0 Å². The van der Waals surface area contributed by atoms with E-state index in [2.05, 4.69) is 40.5 Å². The van der Waals surface area contributed by atoms with Crippen molar-refractivity contribution in [2.75, 3.05) is 32.7 Å². The van der Waals surface area contributed by atoms with Crippen LogP contribution in [0.3, 0.4) is 0 Å². The molecule has 0 aromatic heterocycles. The van der Waals surface area contributed by atoms with Crippen molar-refractivity contribution in [2.24, 2.45) is 11.7 Å². The van der Waals surface area contributed by atoms with Gasteiger partial charge in [-0.05, 0) is 37.4 Å². The second-order valence-corrected chi connectivity index (χ2v) is 6.87. The molecule has 0 radical (unpaired) electrons. The highest BCUT2D eigenvalue weighted by Crippen LogP contribution is 2.31. The number of hydrogen-bond donors (Lipinski definition) is 2. The summed E-state index contributed by atoms with van der Waals surface area (Å²) < 4.78 is 0. The highest BCUT2D eigenvalue weighted by atomic mass is 16.2. The summed E-state index contributed by atoms with van der Waals surface area (Å²) in [7, 11) is 0. The van der Waals surface area contributed by atoms with Crippen LogP contribution in [-0.2, 0) is 11.3 Å². The molecular formula is C18H28N4O. The molecule has 2 aliphatic heterocycles. The first kappa shape index (κ1) is 16.4. The largest absolute Gasteiger partial charge is 0.322 e. The molecular weight excluding hydrogens is 288 g/mol. The molecule has 2 aliphatic rings. The van der Waals surface area contributed by atoms with E-state index in [1.807, 2.05) is 4.90 Å². The summed E-state index contributed by atoms with van der Waals surface area (Å²) in [5, 5.41) is 3.38. The minimum absolute atomic E-state index is 0.0979. The zero-order valence-electron chi connectivity index (χ0n) is 14.0. The molecule has 3 rings (SSSR count). The second kappa shape index (κ2) is 6.99. The molecule has 1 amide bonds. The molecule has 2 heterocycles. The van der Waals surface area contributed by atoms with Gasteiger partial charge in [-0.25, -0.2) is 0 Å². The van der Waals surface area contributed by atoms with E-state index < -0.39 is 5.66 Å². The van der Waals surface area contributed by atoms with Gasteiger partial charge in [-0.3, -0.25) is 9.69 Å². The van der Waals surface area contributed by atoms with Crippen LogP contribution in [0.1, 0.15) is 25.3 Å². The van der Waals surface area contributed by atoms with Crippen molar-refractivity contribution in [1.82, 2.24) is 15.1 Å². The van der Waals surface area contributed by atoms with Gasteiger partial charge in [-0.15, -0.1) is 0 Å². The van der Waals surface area contributed by atoms with Crippen molar-refractivity contribution in [1.29, 1.82) is 0 Å². The molecule has 0 bridgehead atoms. The number of piperidine rings is 1. The van der Waals surface area contributed by atoms with Crippen LogP contribution in [0.25, 0.3) is 0 Å². The number of benzene rings is 1. The average molecular weight is 316 g/mol. The standard InChI is InChI=1S/C18H28N4O/c1-15(23)22-12-9-20-14-18(22,19)17-7-10-21(11-8-17)13-16-5-3-2-4-6-16/h2-6,17,20H,7-14,19H2,1H3. The topological polar surface area (TPSA) is 61.6 Å². The van der Waals surface area contributed by atoms with Crippen LogP contribution in [-0.4, -0.2) is 54.1 Å². The van der Waals surface area contributed by atoms with Crippen molar-refractivity contribution in [3.63, 3.8) is 0 Å². The van der Waals surface area contributed by atoms with Gasteiger partial charge >= 0.3 is 0 Å². The Bertz CT molecular complexity index is 527. The number of hydrogen-bond acceptors (Lipinski definition) is 4. The third-order valence-electron chi connectivity index (χ3n) is 5.35. The molecule has 126 valence electrons. The number of nitrogens with two attached hydrogens (primary N) is 1. The Hall–Kier alpha value is -1.43. The minimum Gasteiger partial charge on any atom is -0.322 e. The van der Waals surface area contributed by atoms with Gasteiger partial charge in [-0.2, -0.15) is 0 Å². The Morgan fingerprint density at radius 1 is 1.26 bits per heavy atom. The first-order valence-electron chi connectivity index (χ1n) is 8.63. The number of amides is 1. The normalized spacial score (nSPS) is 27.1.